The van der Waals surface area contributed by atoms with Crippen molar-refractivity contribution in [2.24, 2.45) is 5.73 Å². The zero-order valence-corrected chi connectivity index (χ0v) is 10.3. The SMILES string of the molecule is CCOC(=O)C(F)(F)[C@@H](N)c1cccc(F)c1.Cl. The molecule has 1 aromatic carbocycles. The lowest BCUT2D eigenvalue weighted by molar-refractivity contribution is -0.174. The molecule has 1 atom stereocenters. The summed E-state index contributed by atoms with van der Waals surface area (Å²) in [5.41, 5.74) is 5.09. The number of halogens is 4. The maximum atomic E-state index is 13.5. The summed E-state index contributed by atoms with van der Waals surface area (Å²) in [4.78, 5) is 11.0. The van der Waals surface area contributed by atoms with Crippen LogP contribution in [0.15, 0.2) is 24.3 Å². The zero-order valence-electron chi connectivity index (χ0n) is 9.53. The van der Waals surface area contributed by atoms with E-state index >= 15 is 0 Å². The number of hydrogen-bond donors (Lipinski definition) is 1. The molecule has 3 nitrogen and oxygen atoms in total. The Morgan fingerprint density at radius 1 is 1.50 bits per heavy atom. The smallest absolute Gasteiger partial charge is 0.379 e. The van der Waals surface area contributed by atoms with Crippen molar-refractivity contribution in [3.05, 3.63) is 35.6 Å². The van der Waals surface area contributed by atoms with Crippen molar-refractivity contribution in [1.82, 2.24) is 0 Å². The molecule has 0 aliphatic heterocycles. The van der Waals surface area contributed by atoms with Crippen LogP contribution in [0.5, 0.6) is 0 Å². The first kappa shape index (κ1) is 16.7. The Morgan fingerprint density at radius 3 is 2.61 bits per heavy atom. The van der Waals surface area contributed by atoms with Gasteiger partial charge in [-0.1, -0.05) is 12.1 Å². The van der Waals surface area contributed by atoms with Gasteiger partial charge in [-0.05, 0) is 24.6 Å². The monoisotopic (exact) mass is 283 g/mol. The fraction of sp³-hybridized carbons (Fsp3) is 0.364. The van der Waals surface area contributed by atoms with Crippen molar-refractivity contribution in [1.29, 1.82) is 0 Å². The van der Waals surface area contributed by atoms with Crippen LogP contribution in [0.4, 0.5) is 13.2 Å². The van der Waals surface area contributed by atoms with Gasteiger partial charge in [-0.25, -0.2) is 9.18 Å². The average molecular weight is 284 g/mol. The molecule has 2 N–H and O–H groups in total. The Morgan fingerprint density at radius 2 is 2.11 bits per heavy atom. The highest BCUT2D eigenvalue weighted by Gasteiger charge is 2.47. The van der Waals surface area contributed by atoms with Gasteiger partial charge in [-0.15, -0.1) is 12.4 Å². The number of rotatable bonds is 4. The van der Waals surface area contributed by atoms with E-state index in [2.05, 4.69) is 4.74 Å². The Hall–Kier alpha value is -1.27. The second-order valence-corrected chi connectivity index (χ2v) is 3.38. The van der Waals surface area contributed by atoms with Crippen molar-refractivity contribution in [3.8, 4) is 0 Å². The second-order valence-electron chi connectivity index (χ2n) is 3.38. The number of nitrogens with two attached hydrogens (primary N) is 1. The predicted molar refractivity (Wildman–Crippen MR) is 62.2 cm³/mol. The molecule has 0 aliphatic carbocycles. The highest BCUT2D eigenvalue weighted by atomic mass is 35.5. The molecule has 0 bridgehead atoms. The normalized spacial score (nSPS) is 12.5. The van der Waals surface area contributed by atoms with Gasteiger partial charge in [0.2, 0.25) is 0 Å². The summed E-state index contributed by atoms with van der Waals surface area (Å²) in [6.07, 6.45) is 0. The van der Waals surface area contributed by atoms with E-state index in [0.717, 1.165) is 12.1 Å². The lowest BCUT2D eigenvalue weighted by atomic mass is 10.0. The summed E-state index contributed by atoms with van der Waals surface area (Å²) in [6, 6.07) is 2.49. The van der Waals surface area contributed by atoms with E-state index in [1.807, 2.05) is 0 Å². The molecule has 0 radical (unpaired) electrons. The fourth-order valence-electron chi connectivity index (χ4n) is 1.26. The maximum absolute atomic E-state index is 13.5. The van der Waals surface area contributed by atoms with Crippen LogP contribution in [0.1, 0.15) is 18.5 Å². The summed E-state index contributed by atoms with van der Waals surface area (Å²) in [5, 5.41) is 0. The molecule has 1 rings (SSSR count). The van der Waals surface area contributed by atoms with Crippen molar-refractivity contribution < 1.29 is 22.7 Å². The Bertz CT molecular complexity index is 415. The topological polar surface area (TPSA) is 52.3 Å². The Labute approximate surface area is 109 Å². The molecule has 0 fully saturated rings. The molecule has 1 aromatic rings. The minimum Gasteiger partial charge on any atom is -0.462 e. The van der Waals surface area contributed by atoms with E-state index in [1.54, 1.807) is 0 Å². The maximum Gasteiger partial charge on any atom is 0.379 e. The van der Waals surface area contributed by atoms with Crippen molar-refractivity contribution in [2.75, 3.05) is 6.61 Å². The zero-order chi connectivity index (χ0) is 13.1. The highest BCUT2D eigenvalue weighted by Crippen LogP contribution is 2.30. The van der Waals surface area contributed by atoms with Gasteiger partial charge in [0, 0.05) is 0 Å². The highest BCUT2D eigenvalue weighted by molar-refractivity contribution is 5.85. The van der Waals surface area contributed by atoms with Gasteiger partial charge < -0.3 is 10.5 Å². The molecule has 0 saturated heterocycles. The summed E-state index contributed by atoms with van der Waals surface area (Å²) in [6.45, 7) is 1.23. The van der Waals surface area contributed by atoms with Crippen molar-refractivity contribution in [3.63, 3.8) is 0 Å². The number of ether oxygens (including phenoxy) is 1. The Balaban J connectivity index is 0.00000289. The van der Waals surface area contributed by atoms with Crippen LogP contribution in [-0.4, -0.2) is 18.5 Å². The van der Waals surface area contributed by atoms with Gasteiger partial charge in [0.15, 0.2) is 0 Å². The number of benzene rings is 1. The molecular weight excluding hydrogens is 271 g/mol. The quantitative estimate of drug-likeness (QED) is 0.864. The largest absolute Gasteiger partial charge is 0.462 e. The van der Waals surface area contributed by atoms with E-state index in [4.69, 9.17) is 5.73 Å². The van der Waals surface area contributed by atoms with Gasteiger partial charge in [0.25, 0.3) is 0 Å². The molecule has 0 saturated carbocycles. The molecule has 0 amide bonds. The minimum atomic E-state index is -3.89. The Kier molecular flexibility index (Phi) is 6.14. The molecule has 0 heterocycles. The van der Waals surface area contributed by atoms with Crippen LogP contribution >= 0.6 is 12.4 Å². The molecular formula is C11H13ClF3NO2. The molecule has 0 unspecified atom stereocenters. The summed E-state index contributed by atoms with van der Waals surface area (Å²) >= 11 is 0. The van der Waals surface area contributed by atoms with Gasteiger partial charge in [-0.3, -0.25) is 0 Å². The van der Waals surface area contributed by atoms with Crippen LogP contribution in [0.25, 0.3) is 0 Å². The van der Waals surface area contributed by atoms with E-state index in [9.17, 15) is 18.0 Å². The standard InChI is InChI=1S/C11H12F3NO2.ClH/c1-2-17-10(16)11(13,14)9(15)7-4-3-5-8(12)6-7;/h3-6,9H,2,15H2,1H3;1H/t9-;/m0./s1. The predicted octanol–water partition coefficient (Wildman–Crippen LogP) is 2.45. The van der Waals surface area contributed by atoms with Crippen LogP contribution in [0.3, 0.4) is 0 Å². The first-order valence-electron chi connectivity index (χ1n) is 4.95. The first-order valence-corrected chi connectivity index (χ1v) is 4.95. The summed E-state index contributed by atoms with van der Waals surface area (Å²) < 4.78 is 44.1. The van der Waals surface area contributed by atoms with E-state index in [0.29, 0.717) is 0 Å². The number of esters is 1. The average Bonchev–Trinajstić information content (AvgIpc) is 2.28. The number of carbonyl (C=O) groups is 1. The number of hydrogen-bond acceptors (Lipinski definition) is 3. The second kappa shape index (κ2) is 6.61. The number of alkyl halides is 2. The molecule has 18 heavy (non-hydrogen) atoms. The van der Waals surface area contributed by atoms with Crippen molar-refractivity contribution in [2.45, 2.75) is 18.9 Å². The molecule has 0 aliphatic rings. The third-order valence-electron chi connectivity index (χ3n) is 2.15. The first-order chi connectivity index (χ1) is 7.89. The fourth-order valence-corrected chi connectivity index (χ4v) is 1.26. The van der Waals surface area contributed by atoms with E-state index < -0.39 is 23.8 Å². The molecule has 0 spiro atoms. The number of carbonyl (C=O) groups excluding carboxylic acids is 1. The van der Waals surface area contributed by atoms with Crippen LogP contribution in [0.2, 0.25) is 0 Å². The molecule has 7 heteroatoms. The lowest BCUT2D eigenvalue weighted by Gasteiger charge is -2.21. The third kappa shape index (κ3) is 3.61. The third-order valence-corrected chi connectivity index (χ3v) is 2.15. The van der Waals surface area contributed by atoms with Gasteiger partial charge in [0.05, 0.1) is 6.61 Å². The van der Waals surface area contributed by atoms with Crippen LogP contribution in [0, 0.1) is 5.82 Å². The summed E-state index contributed by atoms with van der Waals surface area (Å²) in [5.74, 6) is -6.29. The minimum absolute atomic E-state index is 0. The lowest BCUT2D eigenvalue weighted by Crippen LogP contribution is -2.41. The van der Waals surface area contributed by atoms with E-state index in [-0.39, 0.29) is 24.6 Å². The summed E-state index contributed by atoms with van der Waals surface area (Å²) in [7, 11) is 0. The van der Waals surface area contributed by atoms with E-state index in [1.165, 1.54) is 19.1 Å². The van der Waals surface area contributed by atoms with Gasteiger partial charge >= 0.3 is 11.9 Å². The van der Waals surface area contributed by atoms with Crippen LogP contribution < -0.4 is 5.73 Å². The van der Waals surface area contributed by atoms with Gasteiger partial charge in [0.1, 0.15) is 11.9 Å². The molecule has 0 aromatic heterocycles. The van der Waals surface area contributed by atoms with Gasteiger partial charge in [-0.2, -0.15) is 8.78 Å². The molecule has 102 valence electrons. The van der Waals surface area contributed by atoms with Crippen molar-refractivity contribution >= 4 is 18.4 Å². The van der Waals surface area contributed by atoms with Crippen LogP contribution in [-0.2, 0) is 9.53 Å².